The summed E-state index contributed by atoms with van der Waals surface area (Å²) in [6.45, 7) is 1.89. The van der Waals surface area contributed by atoms with Gasteiger partial charge < -0.3 is 9.84 Å². The highest BCUT2D eigenvalue weighted by atomic mass is 32.1. The van der Waals surface area contributed by atoms with Crippen LogP contribution in [0.3, 0.4) is 0 Å². The average molecular weight is 267 g/mol. The summed E-state index contributed by atoms with van der Waals surface area (Å²) in [4.78, 5) is 4.25. The average Bonchev–Trinajstić information content (AvgIpc) is 2.74. The number of hydrogen-bond donors (Lipinski definition) is 1. The number of aliphatic hydroxyl groups excluding tert-OH is 1. The minimum atomic E-state index is -0.888. The SMILES string of the molecule is COc1ccc(C(O)Cc2nc(C)cs2)c(F)c1. The highest BCUT2D eigenvalue weighted by molar-refractivity contribution is 7.09. The number of hydrogen-bond acceptors (Lipinski definition) is 4. The van der Waals surface area contributed by atoms with Crippen molar-refractivity contribution in [3.8, 4) is 5.75 Å². The number of aromatic nitrogens is 1. The summed E-state index contributed by atoms with van der Waals surface area (Å²) < 4.78 is 18.7. The second kappa shape index (κ2) is 5.46. The van der Waals surface area contributed by atoms with E-state index in [-0.39, 0.29) is 5.56 Å². The molecule has 0 radical (unpaired) electrons. The first kappa shape index (κ1) is 13.0. The van der Waals surface area contributed by atoms with Crippen LogP contribution in [0, 0.1) is 12.7 Å². The summed E-state index contributed by atoms with van der Waals surface area (Å²) in [6.07, 6.45) is -0.566. The van der Waals surface area contributed by atoms with Crippen molar-refractivity contribution in [2.24, 2.45) is 0 Å². The maximum absolute atomic E-state index is 13.7. The van der Waals surface area contributed by atoms with Crippen LogP contribution in [0.1, 0.15) is 22.4 Å². The first-order valence-corrected chi connectivity index (χ1v) is 6.40. The molecule has 0 saturated carbocycles. The predicted molar refractivity (Wildman–Crippen MR) is 68.5 cm³/mol. The van der Waals surface area contributed by atoms with Crippen LogP contribution in [0.5, 0.6) is 5.75 Å². The van der Waals surface area contributed by atoms with E-state index >= 15 is 0 Å². The normalized spacial score (nSPS) is 12.4. The lowest BCUT2D eigenvalue weighted by Gasteiger charge is -2.11. The summed E-state index contributed by atoms with van der Waals surface area (Å²) in [5.74, 6) is -0.0244. The molecule has 0 amide bonds. The lowest BCUT2D eigenvalue weighted by Crippen LogP contribution is -2.04. The lowest BCUT2D eigenvalue weighted by atomic mass is 10.1. The van der Waals surface area contributed by atoms with Gasteiger partial charge in [-0.25, -0.2) is 9.37 Å². The van der Waals surface area contributed by atoms with Crippen molar-refractivity contribution >= 4 is 11.3 Å². The number of ether oxygens (including phenoxy) is 1. The molecule has 0 spiro atoms. The van der Waals surface area contributed by atoms with E-state index in [1.807, 2.05) is 12.3 Å². The maximum atomic E-state index is 13.7. The Morgan fingerprint density at radius 1 is 1.50 bits per heavy atom. The van der Waals surface area contributed by atoms with Crippen LogP contribution >= 0.6 is 11.3 Å². The van der Waals surface area contributed by atoms with Gasteiger partial charge in [-0.1, -0.05) is 0 Å². The lowest BCUT2D eigenvalue weighted by molar-refractivity contribution is 0.173. The van der Waals surface area contributed by atoms with Crippen LogP contribution in [-0.2, 0) is 6.42 Å². The Morgan fingerprint density at radius 3 is 2.83 bits per heavy atom. The van der Waals surface area contributed by atoms with Gasteiger partial charge in [0.05, 0.1) is 18.2 Å². The fraction of sp³-hybridized carbons (Fsp3) is 0.308. The number of methoxy groups -OCH3 is 1. The second-order valence-electron chi connectivity index (χ2n) is 3.99. The molecule has 18 heavy (non-hydrogen) atoms. The van der Waals surface area contributed by atoms with Gasteiger partial charge in [-0.05, 0) is 19.1 Å². The van der Waals surface area contributed by atoms with Crippen LogP contribution in [0.15, 0.2) is 23.6 Å². The second-order valence-corrected chi connectivity index (χ2v) is 4.93. The van der Waals surface area contributed by atoms with E-state index in [9.17, 15) is 9.50 Å². The number of aryl methyl sites for hydroxylation is 1. The van der Waals surface area contributed by atoms with Gasteiger partial charge in [-0.3, -0.25) is 0 Å². The molecule has 3 nitrogen and oxygen atoms in total. The molecule has 5 heteroatoms. The van der Waals surface area contributed by atoms with Crippen molar-refractivity contribution in [3.05, 3.63) is 45.7 Å². The Labute approximate surface area is 109 Å². The number of benzene rings is 1. The summed E-state index contributed by atoms with van der Waals surface area (Å²) in [7, 11) is 1.48. The Hall–Kier alpha value is -1.46. The molecule has 96 valence electrons. The van der Waals surface area contributed by atoms with E-state index in [0.717, 1.165) is 10.7 Å². The fourth-order valence-electron chi connectivity index (χ4n) is 1.68. The van der Waals surface area contributed by atoms with E-state index in [1.165, 1.54) is 24.5 Å². The van der Waals surface area contributed by atoms with Gasteiger partial charge in [0, 0.05) is 29.1 Å². The molecule has 1 aromatic heterocycles. The first-order chi connectivity index (χ1) is 8.60. The molecule has 0 aliphatic rings. The van der Waals surface area contributed by atoms with Crippen LogP contribution in [0.25, 0.3) is 0 Å². The molecule has 0 fully saturated rings. The summed E-state index contributed by atoms with van der Waals surface area (Å²) in [5, 5.41) is 12.7. The van der Waals surface area contributed by atoms with Crippen molar-refractivity contribution < 1.29 is 14.2 Å². The Balaban J connectivity index is 2.15. The maximum Gasteiger partial charge on any atom is 0.132 e. The van der Waals surface area contributed by atoms with Gasteiger partial charge >= 0.3 is 0 Å². The predicted octanol–water partition coefficient (Wildman–Crippen LogP) is 2.88. The van der Waals surface area contributed by atoms with E-state index < -0.39 is 11.9 Å². The van der Waals surface area contributed by atoms with E-state index in [2.05, 4.69) is 4.98 Å². The molecule has 1 atom stereocenters. The zero-order valence-electron chi connectivity index (χ0n) is 10.2. The van der Waals surface area contributed by atoms with Gasteiger partial charge in [-0.2, -0.15) is 0 Å². The Bertz CT molecular complexity index is 542. The molecule has 2 rings (SSSR count). The minimum absolute atomic E-state index is 0.267. The number of halogens is 1. The van der Waals surface area contributed by atoms with Crippen LogP contribution in [0.4, 0.5) is 4.39 Å². The van der Waals surface area contributed by atoms with Crippen LogP contribution in [-0.4, -0.2) is 17.2 Å². The molecule has 2 aromatic rings. The number of thiazole rings is 1. The van der Waals surface area contributed by atoms with Crippen molar-refractivity contribution in [2.45, 2.75) is 19.4 Å². The fourth-order valence-corrected chi connectivity index (χ4v) is 2.49. The molecule has 1 heterocycles. The highest BCUT2D eigenvalue weighted by Gasteiger charge is 2.15. The molecule has 0 aliphatic heterocycles. The van der Waals surface area contributed by atoms with E-state index in [0.29, 0.717) is 12.2 Å². The van der Waals surface area contributed by atoms with Gasteiger partial charge in [0.1, 0.15) is 11.6 Å². The van der Waals surface area contributed by atoms with Gasteiger partial charge in [0.25, 0.3) is 0 Å². The van der Waals surface area contributed by atoms with Gasteiger partial charge in [-0.15, -0.1) is 11.3 Å². The third-order valence-corrected chi connectivity index (χ3v) is 3.59. The highest BCUT2D eigenvalue weighted by Crippen LogP contribution is 2.25. The van der Waals surface area contributed by atoms with E-state index in [1.54, 1.807) is 12.1 Å². The minimum Gasteiger partial charge on any atom is -0.497 e. The van der Waals surface area contributed by atoms with Crippen molar-refractivity contribution in [2.75, 3.05) is 7.11 Å². The molecule has 1 aromatic carbocycles. The Morgan fingerprint density at radius 2 is 2.28 bits per heavy atom. The third-order valence-electron chi connectivity index (χ3n) is 2.60. The molecule has 0 saturated heterocycles. The first-order valence-electron chi connectivity index (χ1n) is 5.52. The van der Waals surface area contributed by atoms with Crippen LogP contribution < -0.4 is 4.74 Å². The largest absolute Gasteiger partial charge is 0.497 e. The van der Waals surface area contributed by atoms with Crippen molar-refractivity contribution in [1.82, 2.24) is 4.98 Å². The van der Waals surface area contributed by atoms with Crippen molar-refractivity contribution in [3.63, 3.8) is 0 Å². The summed E-state index contributed by atoms with van der Waals surface area (Å²) >= 11 is 1.47. The molecular formula is C13H14FNO2S. The van der Waals surface area contributed by atoms with Gasteiger partial charge in [0.2, 0.25) is 0 Å². The molecule has 1 N–H and O–H groups in total. The number of rotatable bonds is 4. The quantitative estimate of drug-likeness (QED) is 0.926. The smallest absolute Gasteiger partial charge is 0.132 e. The number of aliphatic hydroxyl groups is 1. The monoisotopic (exact) mass is 267 g/mol. The van der Waals surface area contributed by atoms with Crippen molar-refractivity contribution in [1.29, 1.82) is 0 Å². The summed E-state index contributed by atoms with van der Waals surface area (Å²) in [5.41, 5.74) is 1.18. The Kier molecular flexibility index (Phi) is 3.93. The molecule has 0 bridgehead atoms. The standard InChI is InChI=1S/C13H14FNO2S/c1-8-7-18-13(15-8)6-12(16)10-4-3-9(17-2)5-11(10)14/h3-5,7,12,16H,6H2,1-2H3. The number of nitrogens with zero attached hydrogens (tertiary/aromatic N) is 1. The summed E-state index contributed by atoms with van der Waals surface area (Å²) in [6, 6.07) is 4.44. The molecular weight excluding hydrogens is 253 g/mol. The third kappa shape index (κ3) is 2.86. The van der Waals surface area contributed by atoms with Crippen LogP contribution in [0.2, 0.25) is 0 Å². The molecule has 0 aliphatic carbocycles. The zero-order chi connectivity index (χ0) is 13.1. The molecule has 1 unspecified atom stereocenters. The van der Waals surface area contributed by atoms with Gasteiger partial charge in [0.15, 0.2) is 0 Å². The zero-order valence-corrected chi connectivity index (χ0v) is 11.0. The van der Waals surface area contributed by atoms with E-state index in [4.69, 9.17) is 4.74 Å². The topological polar surface area (TPSA) is 42.4 Å².